The number of nitrogens with zero attached hydrogens (tertiary/aromatic N) is 2. The van der Waals surface area contributed by atoms with Crippen LogP contribution in [0.15, 0.2) is 28.8 Å². The van der Waals surface area contributed by atoms with Gasteiger partial charge in [-0.2, -0.15) is 0 Å². The Morgan fingerprint density at radius 1 is 1.40 bits per heavy atom. The maximum absolute atomic E-state index is 10.5. The second-order valence-electron chi connectivity index (χ2n) is 3.10. The summed E-state index contributed by atoms with van der Waals surface area (Å²) >= 11 is 0. The third-order valence-corrected chi connectivity index (χ3v) is 2.06. The molecule has 4 heteroatoms. The highest BCUT2D eigenvalue weighted by molar-refractivity contribution is 5.73. The van der Waals surface area contributed by atoms with Crippen molar-refractivity contribution in [2.45, 2.75) is 13.3 Å². The molecule has 0 spiro atoms. The molecule has 0 amide bonds. The Kier molecular flexibility index (Phi) is 2.58. The fraction of sp³-hybridized carbons (Fsp3) is 0.182. The van der Waals surface area contributed by atoms with Gasteiger partial charge >= 0.3 is 0 Å². The van der Waals surface area contributed by atoms with Gasteiger partial charge in [0.2, 0.25) is 0 Å². The lowest BCUT2D eigenvalue weighted by Crippen LogP contribution is -1.89. The highest BCUT2D eigenvalue weighted by Crippen LogP contribution is 2.16. The Morgan fingerprint density at radius 2 is 2.27 bits per heavy atom. The molecule has 0 radical (unpaired) electrons. The number of aromatic nitrogens is 2. The summed E-state index contributed by atoms with van der Waals surface area (Å²) in [6.07, 6.45) is 1.50. The van der Waals surface area contributed by atoms with E-state index in [1.807, 2.05) is 13.0 Å². The van der Waals surface area contributed by atoms with Crippen molar-refractivity contribution in [1.29, 1.82) is 0 Å². The topological polar surface area (TPSA) is 56.0 Å². The lowest BCUT2D eigenvalue weighted by atomic mass is 10.2. The molecule has 76 valence electrons. The number of hydrogen-bond acceptors (Lipinski definition) is 4. The van der Waals surface area contributed by atoms with Crippen molar-refractivity contribution in [2.75, 3.05) is 0 Å². The second kappa shape index (κ2) is 4.04. The number of rotatable bonds is 3. The highest BCUT2D eigenvalue weighted by Gasteiger charge is 2.06. The predicted molar refractivity (Wildman–Crippen MR) is 54.5 cm³/mol. The van der Waals surface area contributed by atoms with Crippen molar-refractivity contribution in [2.24, 2.45) is 0 Å². The Labute approximate surface area is 86.9 Å². The molecular formula is C11H10N2O2. The third kappa shape index (κ3) is 1.93. The second-order valence-corrected chi connectivity index (χ2v) is 3.10. The summed E-state index contributed by atoms with van der Waals surface area (Å²) in [5.41, 5.74) is 1.71. The minimum absolute atomic E-state index is 0.397. The van der Waals surface area contributed by atoms with Gasteiger partial charge in [-0.25, -0.2) is 4.98 Å². The zero-order valence-electron chi connectivity index (χ0n) is 8.30. The van der Waals surface area contributed by atoms with E-state index in [4.69, 9.17) is 4.52 Å². The summed E-state index contributed by atoms with van der Waals surface area (Å²) in [5, 5.41) is 3.88. The SMILES string of the molecule is CCc1cc(-c2cccc(C=O)n2)no1. The standard InChI is InChI=1S/C11H10N2O2/c1-2-9-6-11(13-15-9)10-5-3-4-8(7-14)12-10/h3-7H,2H2,1H3. The summed E-state index contributed by atoms with van der Waals surface area (Å²) in [5.74, 6) is 0.809. The average molecular weight is 202 g/mol. The molecule has 0 saturated heterocycles. The van der Waals surface area contributed by atoms with E-state index in [0.29, 0.717) is 23.4 Å². The fourth-order valence-electron chi connectivity index (χ4n) is 1.26. The number of pyridine rings is 1. The highest BCUT2D eigenvalue weighted by atomic mass is 16.5. The summed E-state index contributed by atoms with van der Waals surface area (Å²) in [6.45, 7) is 1.99. The van der Waals surface area contributed by atoms with E-state index in [1.54, 1.807) is 18.2 Å². The van der Waals surface area contributed by atoms with Gasteiger partial charge in [-0.15, -0.1) is 0 Å². The number of carbonyl (C=O) groups is 1. The van der Waals surface area contributed by atoms with Crippen molar-refractivity contribution >= 4 is 6.29 Å². The van der Waals surface area contributed by atoms with E-state index >= 15 is 0 Å². The summed E-state index contributed by atoms with van der Waals surface area (Å²) in [7, 11) is 0. The smallest absolute Gasteiger partial charge is 0.168 e. The monoisotopic (exact) mass is 202 g/mol. The molecule has 4 nitrogen and oxygen atoms in total. The summed E-state index contributed by atoms with van der Waals surface area (Å²) in [4.78, 5) is 14.7. The van der Waals surface area contributed by atoms with Gasteiger partial charge in [0.05, 0.1) is 5.69 Å². The first-order valence-electron chi connectivity index (χ1n) is 4.71. The van der Waals surface area contributed by atoms with Gasteiger partial charge in [-0.1, -0.05) is 18.1 Å². The fourth-order valence-corrected chi connectivity index (χ4v) is 1.26. The van der Waals surface area contributed by atoms with Gasteiger partial charge in [0, 0.05) is 12.5 Å². The van der Waals surface area contributed by atoms with Gasteiger partial charge in [0.15, 0.2) is 6.29 Å². The normalized spacial score (nSPS) is 10.2. The van der Waals surface area contributed by atoms with Gasteiger partial charge in [0.25, 0.3) is 0 Å². The van der Waals surface area contributed by atoms with Gasteiger partial charge < -0.3 is 4.52 Å². The molecule has 2 heterocycles. The zero-order valence-corrected chi connectivity index (χ0v) is 8.30. The van der Waals surface area contributed by atoms with Crippen LogP contribution in [0.4, 0.5) is 0 Å². The van der Waals surface area contributed by atoms with E-state index in [2.05, 4.69) is 10.1 Å². The molecule has 0 aromatic carbocycles. The molecule has 0 saturated carbocycles. The molecule has 0 aliphatic carbocycles. The van der Waals surface area contributed by atoms with E-state index in [1.165, 1.54) is 0 Å². The van der Waals surface area contributed by atoms with Crippen LogP contribution in [0.1, 0.15) is 23.2 Å². The van der Waals surface area contributed by atoms with E-state index < -0.39 is 0 Å². The molecule has 0 unspecified atom stereocenters. The summed E-state index contributed by atoms with van der Waals surface area (Å²) < 4.78 is 5.06. The van der Waals surface area contributed by atoms with Crippen LogP contribution in [-0.2, 0) is 6.42 Å². The number of carbonyl (C=O) groups excluding carboxylic acids is 1. The largest absolute Gasteiger partial charge is 0.361 e. The van der Waals surface area contributed by atoms with Gasteiger partial charge in [-0.05, 0) is 12.1 Å². The molecule has 2 aromatic heterocycles. The Hall–Kier alpha value is -1.97. The molecule has 2 rings (SSSR count). The van der Waals surface area contributed by atoms with Crippen LogP contribution in [-0.4, -0.2) is 16.4 Å². The number of aldehydes is 1. The molecule has 15 heavy (non-hydrogen) atoms. The predicted octanol–water partition coefficient (Wildman–Crippen LogP) is 2.11. The van der Waals surface area contributed by atoms with Crippen LogP contribution in [0.3, 0.4) is 0 Å². The van der Waals surface area contributed by atoms with E-state index in [0.717, 1.165) is 12.2 Å². The Bertz CT molecular complexity index is 477. The molecule has 0 aliphatic heterocycles. The molecular weight excluding hydrogens is 192 g/mol. The minimum atomic E-state index is 0.397. The maximum atomic E-state index is 10.5. The molecule has 0 aliphatic rings. The van der Waals surface area contributed by atoms with Crippen LogP contribution >= 0.6 is 0 Å². The maximum Gasteiger partial charge on any atom is 0.168 e. The quantitative estimate of drug-likeness (QED) is 0.715. The first-order chi connectivity index (χ1) is 7.33. The van der Waals surface area contributed by atoms with Gasteiger partial charge in [0.1, 0.15) is 17.1 Å². The Morgan fingerprint density at radius 3 is 2.93 bits per heavy atom. The van der Waals surface area contributed by atoms with Gasteiger partial charge in [-0.3, -0.25) is 4.79 Å². The van der Waals surface area contributed by atoms with Crippen LogP contribution < -0.4 is 0 Å². The lowest BCUT2D eigenvalue weighted by molar-refractivity contribution is 0.111. The molecule has 2 aromatic rings. The number of hydrogen-bond donors (Lipinski definition) is 0. The first kappa shape index (κ1) is 9.58. The van der Waals surface area contributed by atoms with Crippen LogP contribution in [0.25, 0.3) is 11.4 Å². The van der Waals surface area contributed by atoms with Crippen molar-refractivity contribution in [3.63, 3.8) is 0 Å². The average Bonchev–Trinajstić information content (AvgIpc) is 2.78. The molecule has 0 fully saturated rings. The van der Waals surface area contributed by atoms with Crippen LogP contribution in [0, 0.1) is 0 Å². The zero-order chi connectivity index (χ0) is 10.7. The van der Waals surface area contributed by atoms with Crippen molar-refractivity contribution in [1.82, 2.24) is 10.1 Å². The first-order valence-corrected chi connectivity index (χ1v) is 4.71. The molecule has 0 atom stereocenters. The Balaban J connectivity index is 2.39. The minimum Gasteiger partial charge on any atom is -0.361 e. The number of aryl methyl sites for hydroxylation is 1. The third-order valence-electron chi connectivity index (χ3n) is 2.06. The van der Waals surface area contributed by atoms with E-state index in [9.17, 15) is 4.79 Å². The van der Waals surface area contributed by atoms with Crippen LogP contribution in [0.5, 0.6) is 0 Å². The van der Waals surface area contributed by atoms with Crippen LogP contribution in [0.2, 0.25) is 0 Å². The van der Waals surface area contributed by atoms with Crippen molar-refractivity contribution in [3.05, 3.63) is 35.7 Å². The van der Waals surface area contributed by atoms with Crippen molar-refractivity contribution < 1.29 is 9.32 Å². The molecule has 0 N–H and O–H groups in total. The lowest BCUT2D eigenvalue weighted by Gasteiger charge is -1.94. The molecule has 0 bridgehead atoms. The van der Waals surface area contributed by atoms with E-state index in [-0.39, 0.29) is 0 Å². The summed E-state index contributed by atoms with van der Waals surface area (Å²) in [6, 6.07) is 7.05. The van der Waals surface area contributed by atoms with Crippen molar-refractivity contribution in [3.8, 4) is 11.4 Å².